The van der Waals surface area contributed by atoms with Gasteiger partial charge in [0.15, 0.2) is 6.10 Å². The molecule has 0 saturated carbocycles. The van der Waals surface area contributed by atoms with Crippen molar-refractivity contribution in [1.29, 1.82) is 0 Å². The second kappa shape index (κ2) is 49.7. The summed E-state index contributed by atoms with van der Waals surface area (Å²) in [5, 5.41) is 0. The molecule has 0 radical (unpaired) electrons. The molecule has 0 aromatic rings. The molecule has 0 N–H and O–H groups in total. The largest absolute Gasteiger partial charge is 0.462 e. The van der Waals surface area contributed by atoms with Crippen LogP contribution < -0.4 is 0 Å². The molecule has 0 saturated heterocycles. The van der Waals surface area contributed by atoms with Gasteiger partial charge in [0.05, 0.1) is 0 Å². The molecule has 0 fully saturated rings. The Morgan fingerprint density at radius 2 is 0.710 bits per heavy atom. The third-order valence-electron chi connectivity index (χ3n) is 10.1. The summed E-state index contributed by atoms with van der Waals surface area (Å²) in [5.41, 5.74) is 0. The van der Waals surface area contributed by atoms with Crippen LogP contribution in [0.4, 0.5) is 0 Å². The zero-order valence-corrected chi connectivity index (χ0v) is 39.8. The van der Waals surface area contributed by atoms with Crippen LogP contribution in [0.15, 0.2) is 109 Å². The van der Waals surface area contributed by atoms with Crippen molar-refractivity contribution in [3.8, 4) is 0 Å². The van der Waals surface area contributed by atoms with E-state index < -0.39 is 6.10 Å². The average Bonchev–Trinajstić information content (AvgIpc) is 3.27. The van der Waals surface area contributed by atoms with Gasteiger partial charge in [-0.3, -0.25) is 14.4 Å². The Morgan fingerprint density at radius 1 is 0.355 bits per heavy atom. The van der Waals surface area contributed by atoms with Crippen molar-refractivity contribution in [3.05, 3.63) is 109 Å². The van der Waals surface area contributed by atoms with Crippen LogP contribution in [-0.2, 0) is 28.6 Å². The Bertz CT molecular complexity index is 1310. The highest BCUT2D eigenvalue weighted by atomic mass is 16.6. The summed E-state index contributed by atoms with van der Waals surface area (Å²) < 4.78 is 16.7. The zero-order chi connectivity index (χ0) is 45.1. The van der Waals surface area contributed by atoms with Gasteiger partial charge in [-0.15, -0.1) is 0 Å². The molecular formula is C56H90O6. The summed E-state index contributed by atoms with van der Waals surface area (Å²) in [6.07, 6.45) is 66.3. The molecule has 0 heterocycles. The van der Waals surface area contributed by atoms with Crippen molar-refractivity contribution in [3.63, 3.8) is 0 Å². The first-order valence-corrected chi connectivity index (χ1v) is 25.0. The van der Waals surface area contributed by atoms with Crippen molar-refractivity contribution in [1.82, 2.24) is 0 Å². The molecule has 6 nitrogen and oxygen atoms in total. The smallest absolute Gasteiger partial charge is 0.306 e. The molecule has 0 aliphatic carbocycles. The molecule has 0 aromatic heterocycles. The summed E-state index contributed by atoms with van der Waals surface area (Å²) in [4.78, 5) is 37.9. The molecule has 0 amide bonds. The van der Waals surface area contributed by atoms with E-state index >= 15 is 0 Å². The van der Waals surface area contributed by atoms with E-state index in [-0.39, 0.29) is 31.1 Å². The predicted molar refractivity (Wildman–Crippen MR) is 265 cm³/mol. The van der Waals surface area contributed by atoms with Crippen LogP contribution in [0, 0.1) is 0 Å². The van der Waals surface area contributed by atoms with Crippen LogP contribution in [0.3, 0.4) is 0 Å². The number of hydrogen-bond acceptors (Lipinski definition) is 6. The predicted octanol–water partition coefficient (Wildman–Crippen LogP) is 16.4. The van der Waals surface area contributed by atoms with Crippen molar-refractivity contribution in [2.24, 2.45) is 0 Å². The Hall–Kier alpha value is -3.93. The van der Waals surface area contributed by atoms with E-state index in [0.29, 0.717) is 19.3 Å². The van der Waals surface area contributed by atoms with E-state index in [4.69, 9.17) is 14.2 Å². The maximum Gasteiger partial charge on any atom is 0.306 e. The van der Waals surface area contributed by atoms with Crippen molar-refractivity contribution < 1.29 is 28.6 Å². The summed E-state index contributed by atoms with van der Waals surface area (Å²) >= 11 is 0. The van der Waals surface area contributed by atoms with E-state index in [2.05, 4.69) is 81.5 Å². The Labute approximate surface area is 380 Å². The Balaban J connectivity index is 4.52. The van der Waals surface area contributed by atoms with E-state index in [1.807, 2.05) is 48.6 Å². The highest BCUT2D eigenvalue weighted by Crippen LogP contribution is 2.13. The van der Waals surface area contributed by atoms with E-state index in [1.165, 1.54) is 64.2 Å². The normalized spacial score (nSPS) is 13.0. The van der Waals surface area contributed by atoms with Gasteiger partial charge in [-0.1, -0.05) is 207 Å². The maximum atomic E-state index is 12.8. The van der Waals surface area contributed by atoms with Gasteiger partial charge in [-0.05, 0) is 89.9 Å². The second-order valence-electron chi connectivity index (χ2n) is 16.1. The summed E-state index contributed by atoms with van der Waals surface area (Å²) in [6.45, 7) is 6.29. The molecule has 0 aliphatic rings. The van der Waals surface area contributed by atoms with Crippen LogP contribution in [0.5, 0.6) is 0 Å². The number of carbonyl (C=O) groups excluding carboxylic acids is 3. The number of rotatable bonds is 43. The number of unbranched alkanes of at least 4 members (excludes halogenated alkanes) is 19. The second-order valence-corrected chi connectivity index (χ2v) is 16.1. The first-order chi connectivity index (χ1) is 30.5. The van der Waals surface area contributed by atoms with Gasteiger partial charge < -0.3 is 14.2 Å². The van der Waals surface area contributed by atoms with E-state index in [9.17, 15) is 14.4 Å². The van der Waals surface area contributed by atoms with Crippen LogP contribution >= 0.6 is 0 Å². The number of allylic oxidation sites excluding steroid dienone is 18. The molecule has 0 bridgehead atoms. The van der Waals surface area contributed by atoms with E-state index in [1.54, 1.807) is 0 Å². The van der Waals surface area contributed by atoms with Crippen LogP contribution in [0.2, 0.25) is 0 Å². The summed E-state index contributed by atoms with van der Waals surface area (Å²) in [6, 6.07) is 0. The van der Waals surface area contributed by atoms with Crippen LogP contribution in [0.1, 0.15) is 207 Å². The summed E-state index contributed by atoms with van der Waals surface area (Å²) in [5.74, 6) is -0.973. The lowest BCUT2D eigenvalue weighted by Gasteiger charge is -2.18. The lowest BCUT2D eigenvalue weighted by Crippen LogP contribution is -2.30. The van der Waals surface area contributed by atoms with Gasteiger partial charge in [0.2, 0.25) is 0 Å². The standard InChI is InChI=1S/C56H90O6/c1-4-7-10-13-16-19-22-25-28-31-34-37-40-43-46-49-55(58)61-52-53(51-60-54(57)48-45-42-39-36-33-30-27-24-21-18-15-12-9-6-3)62-56(59)50-47-44-41-38-35-32-29-26-23-20-17-14-11-8-5-2/h7,9-10,12-13,16-23,25-26,28,31,34,53H,4-6,8,11,14-15,24,27,29-30,32-33,35-52H2,1-3H3/b10-7-,12-9-,16-13-,20-17-,21-18-,22-19-,26-23-,28-25-,34-31-. The minimum Gasteiger partial charge on any atom is -0.462 e. The molecule has 62 heavy (non-hydrogen) atoms. The van der Waals surface area contributed by atoms with Gasteiger partial charge in [0, 0.05) is 19.3 Å². The minimum atomic E-state index is -0.806. The monoisotopic (exact) mass is 859 g/mol. The minimum absolute atomic E-state index is 0.103. The zero-order valence-electron chi connectivity index (χ0n) is 39.8. The molecule has 0 aliphatic heterocycles. The molecular weight excluding hydrogens is 769 g/mol. The third kappa shape index (κ3) is 47.1. The highest BCUT2D eigenvalue weighted by Gasteiger charge is 2.19. The van der Waals surface area contributed by atoms with Gasteiger partial charge in [-0.2, -0.15) is 0 Å². The molecule has 0 rings (SSSR count). The third-order valence-corrected chi connectivity index (χ3v) is 10.1. The number of esters is 3. The Kier molecular flexibility index (Phi) is 46.6. The first kappa shape index (κ1) is 58.1. The van der Waals surface area contributed by atoms with Crippen molar-refractivity contribution in [2.75, 3.05) is 13.2 Å². The van der Waals surface area contributed by atoms with Gasteiger partial charge in [0.1, 0.15) is 13.2 Å². The molecule has 0 aromatic carbocycles. The average molecular weight is 859 g/mol. The number of ether oxygens (including phenoxy) is 3. The Morgan fingerprint density at radius 3 is 1.19 bits per heavy atom. The molecule has 1 unspecified atom stereocenters. The fraction of sp³-hybridized carbons (Fsp3) is 0.625. The van der Waals surface area contributed by atoms with Gasteiger partial charge >= 0.3 is 17.9 Å². The van der Waals surface area contributed by atoms with Crippen LogP contribution in [-0.4, -0.2) is 37.2 Å². The van der Waals surface area contributed by atoms with Gasteiger partial charge in [0.25, 0.3) is 0 Å². The topological polar surface area (TPSA) is 78.9 Å². The number of carbonyl (C=O) groups is 3. The van der Waals surface area contributed by atoms with E-state index in [0.717, 1.165) is 103 Å². The molecule has 350 valence electrons. The number of hydrogen-bond donors (Lipinski definition) is 0. The molecule has 1 atom stereocenters. The fourth-order valence-corrected chi connectivity index (χ4v) is 6.43. The summed E-state index contributed by atoms with van der Waals surface area (Å²) in [7, 11) is 0. The molecule has 6 heteroatoms. The van der Waals surface area contributed by atoms with Crippen LogP contribution in [0.25, 0.3) is 0 Å². The highest BCUT2D eigenvalue weighted by molar-refractivity contribution is 5.71. The lowest BCUT2D eigenvalue weighted by atomic mass is 10.1. The van der Waals surface area contributed by atoms with Gasteiger partial charge in [-0.25, -0.2) is 0 Å². The van der Waals surface area contributed by atoms with Crippen molar-refractivity contribution in [2.45, 2.75) is 213 Å². The lowest BCUT2D eigenvalue weighted by molar-refractivity contribution is -0.167. The molecule has 0 spiro atoms. The first-order valence-electron chi connectivity index (χ1n) is 25.0. The fourth-order valence-electron chi connectivity index (χ4n) is 6.43. The maximum absolute atomic E-state index is 12.8. The SMILES string of the molecule is CC\C=C/C=C\C=C/C=C\C=C/CCCCCC(=O)OCC(COC(=O)CCCCCCCCC/C=C\C/C=C\CC)OC(=O)CCCCCCCC/C=C\C=C/CCCCC. The quantitative estimate of drug-likeness (QED) is 0.0200. The van der Waals surface area contributed by atoms with Crippen molar-refractivity contribution >= 4 is 17.9 Å².